The standard InChI is InChI=1S/C15H16ClN3O2/c1-3-12-17-15(21-18-12)10-7-13(20)19(8-10)14-9(2)5-4-6-11(14)16/h4-6,10H,3,7-8H2,1-2H3. The van der Waals surface area contributed by atoms with Crippen molar-refractivity contribution >= 4 is 23.2 Å². The number of carbonyl (C=O) groups is 1. The quantitative estimate of drug-likeness (QED) is 0.874. The number of nitrogens with zero attached hydrogens (tertiary/aromatic N) is 3. The maximum Gasteiger partial charge on any atom is 0.232 e. The van der Waals surface area contributed by atoms with Crippen molar-refractivity contribution in [2.45, 2.75) is 32.6 Å². The molecule has 0 spiro atoms. The average Bonchev–Trinajstić information content (AvgIpc) is 3.06. The van der Waals surface area contributed by atoms with Gasteiger partial charge in [0.2, 0.25) is 11.8 Å². The van der Waals surface area contributed by atoms with Gasteiger partial charge in [0.15, 0.2) is 5.82 Å². The van der Waals surface area contributed by atoms with Crippen LogP contribution in [0.1, 0.15) is 36.5 Å². The van der Waals surface area contributed by atoms with Gasteiger partial charge in [-0.25, -0.2) is 0 Å². The van der Waals surface area contributed by atoms with E-state index in [-0.39, 0.29) is 11.8 Å². The number of para-hydroxylation sites is 1. The molecule has 1 aliphatic rings. The van der Waals surface area contributed by atoms with Crippen LogP contribution in [0.25, 0.3) is 0 Å². The molecule has 1 aliphatic heterocycles. The molecule has 21 heavy (non-hydrogen) atoms. The highest BCUT2D eigenvalue weighted by Crippen LogP contribution is 2.36. The normalized spacial score (nSPS) is 18.5. The Bertz CT molecular complexity index is 663. The Hall–Kier alpha value is -1.88. The molecule has 2 aromatic rings. The molecule has 6 heteroatoms. The van der Waals surface area contributed by atoms with Crippen LogP contribution in [0.5, 0.6) is 0 Å². The number of amides is 1. The molecule has 1 fully saturated rings. The van der Waals surface area contributed by atoms with Crippen molar-refractivity contribution in [1.29, 1.82) is 0 Å². The van der Waals surface area contributed by atoms with Gasteiger partial charge in [-0.1, -0.05) is 35.8 Å². The number of anilines is 1. The molecule has 1 unspecified atom stereocenters. The second-order valence-electron chi connectivity index (χ2n) is 5.21. The molecule has 0 saturated carbocycles. The van der Waals surface area contributed by atoms with Crippen molar-refractivity contribution in [2.24, 2.45) is 0 Å². The monoisotopic (exact) mass is 305 g/mol. The summed E-state index contributed by atoms with van der Waals surface area (Å²) in [5.41, 5.74) is 1.76. The smallest absolute Gasteiger partial charge is 0.232 e. The van der Waals surface area contributed by atoms with Crippen LogP contribution < -0.4 is 4.90 Å². The summed E-state index contributed by atoms with van der Waals surface area (Å²) >= 11 is 6.25. The van der Waals surface area contributed by atoms with E-state index in [0.717, 1.165) is 17.7 Å². The zero-order valence-electron chi connectivity index (χ0n) is 12.0. The van der Waals surface area contributed by atoms with Gasteiger partial charge >= 0.3 is 0 Å². The molecule has 1 aromatic heterocycles. The SMILES string of the molecule is CCc1noc(C2CC(=O)N(c3c(C)cccc3Cl)C2)n1. The van der Waals surface area contributed by atoms with Crippen molar-refractivity contribution < 1.29 is 9.32 Å². The summed E-state index contributed by atoms with van der Waals surface area (Å²) < 4.78 is 5.26. The Morgan fingerprint density at radius 3 is 2.95 bits per heavy atom. The molecule has 3 rings (SSSR count). The van der Waals surface area contributed by atoms with E-state index in [4.69, 9.17) is 16.1 Å². The van der Waals surface area contributed by atoms with E-state index >= 15 is 0 Å². The molecular weight excluding hydrogens is 290 g/mol. The highest BCUT2D eigenvalue weighted by molar-refractivity contribution is 6.34. The molecular formula is C15H16ClN3O2. The number of aryl methyl sites for hydroxylation is 2. The number of rotatable bonds is 3. The van der Waals surface area contributed by atoms with Gasteiger partial charge in [0.05, 0.1) is 16.6 Å². The first kappa shape index (κ1) is 14.1. The first-order chi connectivity index (χ1) is 10.1. The molecule has 2 heterocycles. The van der Waals surface area contributed by atoms with E-state index in [0.29, 0.717) is 29.7 Å². The minimum absolute atomic E-state index is 0.0347. The Labute approximate surface area is 127 Å². The lowest BCUT2D eigenvalue weighted by atomic mass is 10.1. The third kappa shape index (κ3) is 2.53. The maximum atomic E-state index is 12.3. The van der Waals surface area contributed by atoms with Crippen LogP contribution in [0, 0.1) is 6.92 Å². The van der Waals surface area contributed by atoms with Crippen LogP contribution in [0.3, 0.4) is 0 Å². The number of carbonyl (C=O) groups excluding carboxylic acids is 1. The Morgan fingerprint density at radius 1 is 1.48 bits per heavy atom. The Morgan fingerprint density at radius 2 is 2.29 bits per heavy atom. The summed E-state index contributed by atoms with van der Waals surface area (Å²) in [5.74, 6) is 1.17. The minimum Gasteiger partial charge on any atom is -0.339 e. The summed E-state index contributed by atoms with van der Waals surface area (Å²) in [6, 6.07) is 5.63. The second kappa shape index (κ2) is 5.48. The summed E-state index contributed by atoms with van der Waals surface area (Å²) in [6.07, 6.45) is 1.09. The van der Waals surface area contributed by atoms with Crippen LogP contribution in [-0.4, -0.2) is 22.6 Å². The number of hydrogen-bond donors (Lipinski definition) is 0. The molecule has 0 aliphatic carbocycles. The number of halogens is 1. The first-order valence-electron chi connectivity index (χ1n) is 6.98. The molecule has 0 radical (unpaired) electrons. The molecule has 1 amide bonds. The molecule has 5 nitrogen and oxygen atoms in total. The predicted octanol–water partition coefficient (Wildman–Crippen LogP) is 3.11. The van der Waals surface area contributed by atoms with Crippen LogP contribution in [-0.2, 0) is 11.2 Å². The van der Waals surface area contributed by atoms with E-state index in [9.17, 15) is 4.79 Å². The molecule has 110 valence electrons. The van der Waals surface area contributed by atoms with Gasteiger partial charge in [-0.15, -0.1) is 0 Å². The molecule has 0 bridgehead atoms. The van der Waals surface area contributed by atoms with Gasteiger partial charge in [0, 0.05) is 19.4 Å². The zero-order valence-corrected chi connectivity index (χ0v) is 12.7. The summed E-state index contributed by atoms with van der Waals surface area (Å²) in [6.45, 7) is 4.44. The molecule has 1 atom stereocenters. The van der Waals surface area contributed by atoms with Crippen molar-refractivity contribution in [3.63, 3.8) is 0 Å². The van der Waals surface area contributed by atoms with Gasteiger partial charge in [-0.2, -0.15) is 4.98 Å². The van der Waals surface area contributed by atoms with E-state index in [1.165, 1.54) is 0 Å². The van der Waals surface area contributed by atoms with Gasteiger partial charge < -0.3 is 9.42 Å². The third-order valence-corrected chi connectivity index (χ3v) is 4.04. The summed E-state index contributed by atoms with van der Waals surface area (Å²) in [4.78, 5) is 18.4. The van der Waals surface area contributed by atoms with Crippen LogP contribution in [0.4, 0.5) is 5.69 Å². The largest absolute Gasteiger partial charge is 0.339 e. The predicted molar refractivity (Wildman–Crippen MR) is 79.6 cm³/mol. The van der Waals surface area contributed by atoms with Crippen molar-refractivity contribution in [1.82, 2.24) is 10.1 Å². The van der Waals surface area contributed by atoms with Crippen molar-refractivity contribution in [3.8, 4) is 0 Å². The van der Waals surface area contributed by atoms with E-state index < -0.39 is 0 Å². The third-order valence-electron chi connectivity index (χ3n) is 3.73. The fourth-order valence-electron chi connectivity index (χ4n) is 2.63. The summed E-state index contributed by atoms with van der Waals surface area (Å²) in [7, 11) is 0. The van der Waals surface area contributed by atoms with Gasteiger partial charge in [-0.3, -0.25) is 4.79 Å². The lowest BCUT2D eigenvalue weighted by Gasteiger charge is -2.20. The van der Waals surface area contributed by atoms with E-state index in [1.54, 1.807) is 11.0 Å². The fourth-order valence-corrected chi connectivity index (χ4v) is 2.95. The average molecular weight is 306 g/mol. The van der Waals surface area contributed by atoms with Crippen molar-refractivity contribution in [3.05, 3.63) is 40.5 Å². The topological polar surface area (TPSA) is 59.2 Å². The Balaban J connectivity index is 1.88. The zero-order chi connectivity index (χ0) is 15.0. The molecule has 1 saturated heterocycles. The fraction of sp³-hybridized carbons (Fsp3) is 0.400. The highest BCUT2D eigenvalue weighted by atomic mass is 35.5. The van der Waals surface area contributed by atoms with Crippen molar-refractivity contribution in [2.75, 3.05) is 11.4 Å². The lowest BCUT2D eigenvalue weighted by Crippen LogP contribution is -2.25. The Kier molecular flexibility index (Phi) is 3.68. The molecule has 0 N–H and O–H groups in total. The molecule has 1 aromatic carbocycles. The van der Waals surface area contributed by atoms with Gasteiger partial charge in [-0.05, 0) is 18.6 Å². The first-order valence-corrected chi connectivity index (χ1v) is 7.36. The summed E-state index contributed by atoms with van der Waals surface area (Å²) in [5, 5.41) is 4.48. The van der Waals surface area contributed by atoms with E-state index in [1.807, 2.05) is 26.0 Å². The van der Waals surface area contributed by atoms with Gasteiger partial charge in [0.25, 0.3) is 0 Å². The van der Waals surface area contributed by atoms with E-state index in [2.05, 4.69) is 10.1 Å². The number of aromatic nitrogens is 2. The minimum atomic E-state index is -0.0685. The van der Waals surface area contributed by atoms with Crippen LogP contribution >= 0.6 is 11.6 Å². The highest BCUT2D eigenvalue weighted by Gasteiger charge is 2.36. The van der Waals surface area contributed by atoms with Crippen LogP contribution in [0.15, 0.2) is 22.7 Å². The van der Waals surface area contributed by atoms with Crippen LogP contribution in [0.2, 0.25) is 5.02 Å². The number of hydrogen-bond acceptors (Lipinski definition) is 4. The second-order valence-corrected chi connectivity index (χ2v) is 5.62. The number of benzene rings is 1. The maximum absolute atomic E-state index is 12.3. The lowest BCUT2D eigenvalue weighted by molar-refractivity contribution is -0.117. The van der Waals surface area contributed by atoms with Gasteiger partial charge in [0.1, 0.15) is 0 Å².